The van der Waals surface area contributed by atoms with Crippen molar-refractivity contribution >= 4 is 13.8 Å². The van der Waals surface area contributed by atoms with Crippen molar-refractivity contribution in [2.24, 2.45) is 0 Å². The van der Waals surface area contributed by atoms with Gasteiger partial charge in [0.2, 0.25) is 0 Å². The lowest BCUT2D eigenvalue weighted by molar-refractivity contribution is -0.138. The van der Waals surface area contributed by atoms with E-state index in [0.717, 1.165) is 0 Å². The second-order valence-corrected chi connectivity index (χ2v) is 1.70. The number of carbonyl (C=O) groups excluding carboxylic acids is 1. The first-order valence-corrected chi connectivity index (χ1v) is 2.71. The lowest BCUT2D eigenvalue weighted by Crippen LogP contribution is -2.05. The summed E-state index contributed by atoms with van der Waals surface area (Å²) in [6.45, 7) is 5.26. The maximum absolute atomic E-state index is 10.5. The Bertz CT molecular complexity index is 120. The minimum absolute atomic E-state index is 0.270. The van der Waals surface area contributed by atoms with Gasteiger partial charge in [0, 0.05) is 5.57 Å². The molecule has 2 radical (unpaired) electrons. The molecule has 2 nitrogen and oxygen atoms in total. The van der Waals surface area contributed by atoms with E-state index < -0.39 is 0 Å². The van der Waals surface area contributed by atoms with Crippen LogP contribution in [-0.2, 0) is 9.53 Å². The topological polar surface area (TPSA) is 26.3 Å². The van der Waals surface area contributed by atoms with Gasteiger partial charge in [-0.3, -0.25) is 0 Å². The van der Waals surface area contributed by atoms with Gasteiger partial charge in [0.15, 0.2) is 0 Å². The van der Waals surface area contributed by atoms with Crippen LogP contribution in [0.3, 0.4) is 0 Å². The molecule has 0 aromatic rings. The van der Waals surface area contributed by atoms with Gasteiger partial charge in [-0.15, -0.1) is 0 Å². The molecule has 0 aromatic heterocycles. The van der Waals surface area contributed by atoms with Gasteiger partial charge in [-0.1, -0.05) is 12.9 Å². The van der Waals surface area contributed by atoms with Crippen LogP contribution >= 0.6 is 0 Å². The molecule has 0 amide bonds. The first kappa shape index (κ1) is 8.27. The molecule has 0 rings (SSSR count). The molecule has 0 aliphatic heterocycles. The van der Waals surface area contributed by atoms with Crippen LogP contribution < -0.4 is 0 Å². The summed E-state index contributed by atoms with van der Waals surface area (Å²) >= 11 is 0. The lowest BCUT2D eigenvalue weighted by atomic mass is 10.1. The Balaban J connectivity index is 3.39. The molecule has 3 heteroatoms. The molecule has 0 aliphatic rings. The summed E-state index contributed by atoms with van der Waals surface area (Å²) in [5.41, 5.74) is 0.406. The highest BCUT2D eigenvalue weighted by Gasteiger charge is 1.99. The van der Waals surface area contributed by atoms with Gasteiger partial charge >= 0.3 is 5.97 Å². The first-order valence-electron chi connectivity index (χ1n) is 2.71. The first-order chi connectivity index (χ1) is 4.18. The fourth-order valence-electron chi connectivity index (χ4n) is 0.275. The summed E-state index contributed by atoms with van der Waals surface area (Å²) in [4.78, 5) is 10.5. The highest BCUT2D eigenvalue weighted by atomic mass is 16.5. The van der Waals surface area contributed by atoms with Crippen LogP contribution in [0.1, 0.15) is 6.92 Å². The second kappa shape index (κ2) is 4.18. The van der Waals surface area contributed by atoms with Crippen LogP contribution in [-0.4, -0.2) is 20.4 Å². The van der Waals surface area contributed by atoms with Gasteiger partial charge in [-0.2, -0.15) is 0 Å². The molecule has 48 valence electrons. The van der Waals surface area contributed by atoms with Crippen LogP contribution in [0.4, 0.5) is 0 Å². The molecule has 0 saturated carbocycles. The van der Waals surface area contributed by atoms with Crippen molar-refractivity contribution in [2.45, 2.75) is 13.2 Å². The van der Waals surface area contributed by atoms with Gasteiger partial charge in [0.05, 0.1) is 14.5 Å². The van der Waals surface area contributed by atoms with Crippen molar-refractivity contribution in [3.63, 3.8) is 0 Å². The van der Waals surface area contributed by atoms with Gasteiger partial charge in [-0.05, 0) is 6.92 Å². The maximum Gasteiger partial charge on any atom is 0.333 e. The Morgan fingerprint density at radius 2 is 2.33 bits per heavy atom. The molecule has 0 aromatic carbocycles. The van der Waals surface area contributed by atoms with Crippen LogP contribution in [0.15, 0.2) is 12.2 Å². The SMILES string of the molecule is [B]CCOC(=O)C(=C)C. The fraction of sp³-hybridized carbons (Fsp3) is 0.500. The Hall–Kier alpha value is -0.725. The predicted molar refractivity (Wildman–Crippen MR) is 36.3 cm³/mol. The van der Waals surface area contributed by atoms with Crippen LogP contribution in [0.5, 0.6) is 0 Å². The zero-order valence-electron chi connectivity index (χ0n) is 5.52. The summed E-state index contributed by atoms with van der Waals surface area (Å²) < 4.78 is 4.59. The molecule has 9 heavy (non-hydrogen) atoms. The number of esters is 1. The molecule has 0 unspecified atom stereocenters. The highest BCUT2D eigenvalue weighted by Crippen LogP contribution is 1.91. The van der Waals surface area contributed by atoms with E-state index in [1.54, 1.807) is 6.92 Å². The maximum atomic E-state index is 10.5. The average molecular weight is 124 g/mol. The molecular formula is C6H9BO2. The molecule has 0 fully saturated rings. The van der Waals surface area contributed by atoms with E-state index in [1.807, 2.05) is 0 Å². The number of ether oxygens (including phenoxy) is 1. The summed E-state index contributed by atoms with van der Waals surface area (Å²) in [6.07, 6.45) is 0.360. The van der Waals surface area contributed by atoms with Crippen LogP contribution in [0, 0.1) is 0 Å². The fourth-order valence-corrected chi connectivity index (χ4v) is 0.275. The van der Waals surface area contributed by atoms with Crippen molar-refractivity contribution in [3.8, 4) is 0 Å². The Morgan fingerprint density at radius 1 is 1.78 bits per heavy atom. The third-order valence-electron chi connectivity index (χ3n) is 0.699. The number of hydrogen-bond acceptors (Lipinski definition) is 2. The smallest absolute Gasteiger partial charge is 0.333 e. The molecule has 0 aliphatic carbocycles. The third kappa shape index (κ3) is 3.82. The molecular weight excluding hydrogens is 115 g/mol. The monoisotopic (exact) mass is 124 g/mol. The van der Waals surface area contributed by atoms with Crippen molar-refractivity contribution in [3.05, 3.63) is 12.2 Å². The minimum Gasteiger partial charge on any atom is -0.463 e. The van der Waals surface area contributed by atoms with Crippen LogP contribution in [0.2, 0.25) is 6.32 Å². The van der Waals surface area contributed by atoms with E-state index in [1.165, 1.54) is 0 Å². The lowest BCUT2D eigenvalue weighted by Gasteiger charge is -1.99. The minimum atomic E-state index is -0.375. The Morgan fingerprint density at radius 3 is 2.67 bits per heavy atom. The molecule has 0 bridgehead atoms. The summed E-state index contributed by atoms with van der Waals surface area (Å²) in [5.74, 6) is -0.375. The number of hydrogen-bond donors (Lipinski definition) is 0. The highest BCUT2D eigenvalue weighted by molar-refractivity contribution is 6.08. The van der Waals surface area contributed by atoms with Crippen LogP contribution in [0.25, 0.3) is 0 Å². The van der Waals surface area contributed by atoms with E-state index in [0.29, 0.717) is 11.9 Å². The van der Waals surface area contributed by atoms with Gasteiger partial charge < -0.3 is 4.74 Å². The summed E-state index contributed by atoms with van der Waals surface area (Å²) in [5, 5.41) is 0. The van der Waals surface area contributed by atoms with Crippen molar-refractivity contribution in [2.75, 3.05) is 6.61 Å². The van der Waals surface area contributed by atoms with Gasteiger partial charge in [0.25, 0.3) is 0 Å². The number of rotatable bonds is 3. The molecule has 0 spiro atoms. The summed E-state index contributed by atoms with van der Waals surface area (Å²) in [6, 6.07) is 0. The number of carbonyl (C=O) groups is 1. The zero-order valence-corrected chi connectivity index (χ0v) is 5.52. The molecule has 0 heterocycles. The third-order valence-corrected chi connectivity index (χ3v) is 0.699. The summed E-state index contributed by atoms with van der Waals surface area (Å²) in [7, 11) is 5.07. The van der Waals surface area contributed by atoms with Crippen molar-refractivity contribution in [1.29, 1.82) is 0 Å². The van der Waals surface area contributed by atoms with Gasteiger partial charge in [0.1, 0.15) is 0 Å². The standard InChI is InChI=1S/C6H9BO2/c1-5(2)6(8)9-4-3-7/h1,3-4H2,2H3. The van der Waals surface area contributed by atoms with E-state index in [9.17, 15) is 4.79 Å². The van der Waals surface area contributed by atoms with E-state index in [4.69, 9.17) is 7.85 Å². The van der Waals surface area contributed by atoms with Crippen molar-refractivity contribution in [1.82, 2.24) is 0 Å². The molecule has 0 atom stereocenters. The van der Waals surface area contributed by atoms with E-state index >= 15 is 0 Å². The largest absolute Gasteiger partial charge is 0.463 e. The van der Waals surface area contributed by atoms with Gasteiger partial charge in [-0.25, -0.2) is 4.79 Å². The van der Waals surface area contributed by atoms with E-state index in [2.05, 4.69) is 11.3 Å². The average Bonchev–Trinajstić information content (AvgIpc) is 1.82. The quantitative estimate of drug-likeness (QED) is 0.314. The molecule has 0 N–H and O–H groups in total. The Labute approximate surface area is 56.3 Å². The van der Waals surface area contributed by atoms with Crippen molar-refractivity contribution < 1.29 is 9.53 Å². The van der Waals surface area contributed by atoms with E-state index in [-0.39, 0.29) is 12.6 Å². The molecule has 0 saturated heterocycles. The zero-order chi connectivity index (χ0) is 7.28. The predicted octanol–water partition coefficient (Wildman–Crippen LogP) is 0.693. The second-order valence-electron chi connectivity index (χ2n) is 1.70. The Kier molecular flexibility index (Phi) is 3.85. The normalized spacial score (nSPS) is 8.56.